The molecule has 7 nitrogen and oxygen atoms in total. The van der Waals surface area contributed by atoms with E-state index in [4.69, 9.17) is 0 Å². The Hall–Kier alpha value is -1.07. The molecule has 0 fully saturated rings. The summed E-state index contributed by atoms with van der Waals surface area (Å²) in [5.41, 5.74) is 1.06. The molecule has 0 spiro atoms. The third-order valence-electron chi connectivity index (χ3n) is 4.77. The molecular formula is C21H38IN5O2S. The zero-order chi connectivity index (χ0) is 21.5. The maximum absolute atomic E-state index is 10.8. The molecule has 0 radical (unpaired) electrons. The van der Waals surface area contributed by atoms with Gasteiger partial charge in [-0.15, -0.1) is 24.0 Å². The zero-order valence-electron chi connectivity index (χ0n) is 18.7. The second kappa shape index (κ2) is 17.6. The van der Waals surface area contributed by atoms with Crippen molar-refractivity contribution in [3.05, 3.63) is 39.9 Å². The van der Waals surface area contributed by atoms with Gasteiger partial charge in [0.25, 0.3) is 5.69 Å². The summed E-state index contributed by atoms with van der Waals surface area (Å²) in [6.07, 6.45) is 5.42. The Bertz CT molecular complexity index is 612. The van der Waals surface area contributed by atoms with Crippen LogP contribution in [0.2, 0.25) is 0 Å². The van der Waals surface area contributed by atoms with Gasteiger partial charge >= 0.3 is 0 Å². The van der Waals surface area contributed by atoms with Crippen molar-refractivity contribution in [3.63, 3.8) is 0 Å². The summed E-state index contributed by atoms with van der Waals surface area (Å²) in [7, 11) is 0. The Balaban J connectivity index is 0.00000841. The van der Waals surface area contributed by atoms with Crippen molar-refractivity contribution in [2.24, 2.45) is 4.99 Å². The van der Waals surface area contributed by atoms with Crippen molar-refractivity contribution < 1.29 is 4.92 Å². The van der Waals surface area contributed by atoms with Crippen molar-refractivity contribution in [1.29, 1.82) is 0 Å². The van der Waals surface area contributed by atoms with E-state index in [9.17, 15) is 10.1 Å². The Kier molecular flexibility index (Phi) is 17.0. The van der Waals surface area contributed by atoms with Gasteiger partial charge in [-0.05, 0) is 63.4 Å². The molecule has 1 aromatic carbocycles. The van der Waals surface area contributed by atoms with Crippen LogP contribution in [0.25, 0.3) is 0 Å². The number of aliphatic imine (C=N–C) groups is 1. The lowest BCUT2D eigenvalue weighted by molar-refractivity contribution is -0.384. The van der Waals surface area contributed by atoms with Crippen LogP contribution in [0, 0.1) is 10.1 Å². The molecule has 0 bridgehead atoms. The summed E-state index contributed by atoms with van der Waals surface area (Å²) in [5.74, 6) is 1.92. The van der Waals surface area contributed by atoms with Crippen LogP contribution >= 0.6 is 35.7 Å². The van der Waals surface area contributed by atoms with E-state index in [2.05, 4.69) is 47.6 Å². The van der Waals surface area contributed by atoms with E-state index in [1.54, 1.807) is 12.1 Å². The Labute approximate surface area is 203 Å². The molecule has 172 valence electrons. The van der Waals surface area contributed by atoms with E-state index in [1.165, 1.54) is 12.1 Å². The van der Waals surface area contributed by atoms with E-state index >= 15 is 0 Å². The van der Waals surface area contributed by atoms with Crippen LogP contribution in [-0.2, 0) is 6.54 Å². The molecule has 0 saturated carbocycles. The largest absolute Gasteiger partial charge is 0.356 e. The van der Waals surface area contributed by atoms with Crippen LogP contribution in [0.5, 0.6) is 0 Å². The lowest BCUT2D eigenvalue weighted by atomic mass is 10.2. The van der Waals surface area contributed by atoms with Crippen LogP contribution in [-0.4, -0.2) is 60.0 Å². The Morgan fingerprint density at radius 2 is 1.90 bits per heavy atom. The third kappa shape index (κ3) is 12.6. The monoisotopic (exact) mass is 551 g/mol. The van der Waals surface area contributed by atoms with Gasteiger partial charge in [-0.25, -0.2) is 4.99 Å². The lowest BCUT2D eigenvalue weighted by Gasteiger charge is -2.21. The minimum Gasteiger partial charge on any atom is -0.356 e. The minimum absolute atomic E-state index is 0. The molecule has 1 rings (SSSR count). The summed E-state index contributed by atoms with van der Waals surface area (Å²) < 4.78 is 0. The molecule has 0 amide bonds. The normalized spacial score (nSPS) is 12.4. The third-order valence-corrected chi connectivity index (χ3v) is 5.47. The number of hydrogen-bond donors (Lipinski definition) is 2. The van der Waals surface area contributed by atoms with Crippen molar-refractivity contribution in [2.45, 2.75) is 52.6 Å². The zero-order valence-corrected chi connectivity index (χ0v) is 21.9. The van der Waals surface area contributed by atoms with Gasteiger partial charge in [0.2, 0.25) is 0 Å². The summed E-state index contributed by atoms with van der Waals surface area (Å²) in [4.78, 5) is 17.5. The number of guanidine groups is 1. The number of halogens is 1. The maximum atomic E-state index is 10.8. The number of non-ortho nitro benzene ring substituents is 1. The number of hydrogen-bond acceptors (Lipinski definition) is 5. The number of benzene rings is 1. The molecule has 30 heavy (non-hydrogen) atoms. The van der Waals surface area contributed by atoms with E-state index in [0.717, 1.165) is 62.7 Å². The molecule has 0 aliphatic carbocycles. The number of nitrogens with one attached hydrogen (secondary N) is 2. The molecule has 1 aromatic rings. The quantitative estimate of drug-likeness (QED) is 0.0885. The van der Waals surface area contributed by atoms with Gasteiger partial charge in [0.1, 0.15) is 0 Å². The molecule has 0 saturated heterocycles. The molecule has 1 atom stereocenters. The minimum atomic E-state index is -0.382. The summed E-state index contributed by atoms with van der Waals surface area (Å²) >= 11 is 1.84. The lowest BCUT2D eigenvalue weighted by Crippen LogP contribution is -2.43. The van der Waals surface area contributed by atoms with Gasteiger partial charge in [0.05, 0.1) is 11.5 Å². The van der Waals surface area contributed by atoms with Gasteiger partial charge < -0.3 is 15.5 Å². The topological polar surface area (TPSA) is 82.8 Å². The molecule has 0 aliphatic heterocycles. The molecular weight excluding hydrogens is 513 g/mol. The van der Waals surface area contributed by atoms with Crippen LogP contribution in [0.4, 0.5) is 5.69 Å². The van der Waals surface area contributed by atoms with E-state index in [1.807, 2.05) is 11.8 Å². The molecule has 1 unspecified atom stereocenters. The first-order chi connectivity index (χ1) is 14.0. The molecule has 0 aromatic heterocycles. The van der Waals surface area contributed by atoms with E-state index in [0.29, 0.717) is 12.6 Å². The molecule has 9 heteroatoms. The first-order valence-electron chi connectivity index (χ1n) is 10.5. The highest BCUT2D eigenvalue weighted by molar-refractivity contribution is 14.0. The SMILES string of the molecule is CCN(CC)CCCC(C)NC(=NCc1ccc([N+](=O)[O-])cc1)NCCCSC.I. The Morgan fingerprint density at radius 3 is 2.47 bits per heavy atom. The first kappa shape index (κ1) is 28.9. The maximum Gasteiger partial charge on any atom is 0.269 e. The summed E-state index contributed by atoms with van der Waals surface area (Å²) in [6.45, 7) is 11.3. The number of thioether (sulfide) groups is 1. The van der Waals surface area contributed by atoms with E-state index in [-0.39, 0.29) is 34.6 Å². The van der Waals surface area contributed by atoms with Crippen LogP contribution < -0.4 is 10.6 Å². The number of nitrogens with zero attached hydrogens (tertiary/aromatic N) is 3. The van der Waals surface area contributed by atoms with Crippen LogP contribution in [0.1, 0.15) is 45.6 Å². The fourth-order valence-electron chi connectivity index (χ4n) is 2.94. The molecule has 0 heterocycles. The highest BCUT2D eigenvalue weighted by atomic mass is 127. The fourth-order valence-corrected chi connectivity index (χ4v) is 3.37. The predicted octanol–water partition coefficient (Wildman–Crippen LogP) is 4.51. The van der Waals surface area contributed by atoms with Crippen molar-refractivity contribution >= 4 is 47.4 Å². The standard InChI is InChI=1S/C21H37N5O2S.HI/c1-5-25(6-2)15-7-9-18(3)24-21(22-14-8-16-29-4)23-17-19-10-12-20(13-11-19)26(27)28;/h10-13,18H,5-9,14-17H2,1-4H3,(H2,22,23,24);1H. The molecule has 0 aliphatic rings. The molecule has 2 N–H and O–H groups in total. The average Bonchev–Trinajstić information content (AvgIpc) is 2.72. The van der Waals surface area contributed by atoms with Crippen molar-refractivity contribution in [1.82, 2.24) is 15.5 Å². The highest BCUT2D eigenvalue weighted by Gasteiger charge is 2.08. The van der Waals surface area contributed by atoms with Crippen LogP contribution in [0.3, 0.4) is 0 Å². The van der Waals surface area contributed by atoms with Gasteiger partial charge in [-0.1, -0.05) is 26.0 Å². The van der Waals surface area contributed by atoms with Gasteiger partial charge in [0.15, 0.2) is 5.96 Å². The van der Waals surface area contributed by atoms with Gasteiger partial charge in [-0.3, -0.25) is 10.1 Å². The van der Waals surface area contributed by atoms with Crippen LogP contribution in [0.15, 0.2) is 29.3 Å². The van der Waals surface area contributed by atoms with Gasteiger partial charge in [0, 0.05) is 24.7 Å². The second-order valence-electron chi connectivity index (χ2n) is 7.08. The number of nitro groups is 1. The van der Waals surface area contributed by atoms with Crippen molar-refractivity contribution in [2.75, 3.05) is 38.2 Å². The number of rotatable bonds is 14. The highest BCUT2D eigenvalue weighted by Crippen LogP contribution is 2.12. The Morgan fingerprint density at radius 1 is 1.23 bits per heavy atom. The average molecular weight is 552 g/mol. The number of nitro benzene ring substituents is 1. The second-order valence-corrected chi connectivity index (χ2v) is 8.06. The van der Waals surface area contributed by atoms with Gasteiger partial charge in [-0.2, -0.15) is 11.8 Å². The van der Waals surface area contributed by atoms with E-state index < -0.39 is 0 Å². The van der Waals surface area contributed by atoms with Crippen molar-refractivity contribution in [3.8, 4) is 0 Å². The summed E-state index contributed by atoms with van der Waals surface area (Å²) in [6, 6.07) is 6.91. The smallest absolute Gasteiger partial charge is 0.269 e. The first-order valence-corrected chi connectivity index (χ1v) is 11.9. The predicted molar refractivity (Wildman–Crippen MR) is 140 cm³/mol. The summed E-state index contributed by atoms with van der Waals surface area (Å²) in [5, 5.41) is 17.7. The fraction of sp³-hybridized carbons (Fsp3) is 0.667.